The van der Waals surface area contributed by atoms with Crippen molar-refractivity contribution >= 4 is 11.9 Å². The van der Waals surface area contributed by atoms with Gasteiger partial charge in [-0.1, -0.05) is 6.92 Å². The summed E-state index contributed by atoms with van der Waals surface area (Å²) >= 11 is 0. The first-order valence-corrected chi connectivity index (χ1v) is 5.04. The monoisotopic (exact) mass is 222 g/mol. The fourth-order valence-corrected chi connectivity index (χ4v) is 1.37. The SMILES string of the molecule is CCC(=O)C[C@@H](NC(=O)O)c1ccncc1. The van der Waals surface area contributed by atoms with E-state index in [0.29, 0.717) is 6.42 Å². The summed E-state index contributed by atoms with van der Waals surface area (Å²) in [6.07, 6.45) is 2.59. The zero-order chi connectivity index (χ0) is 12.0. The van der Waals surface area contributed by atoms with E-state index in [0.717, 1.165) is 5.56 Å². The fraction of sp³-hybridized carbons (Fsp3) is 0.364. The minimum absolute atomic E-state index is 0.0237. The molecule has 1 heterocycles. The molecular weight excluding hydrogens is 208 g/mol. The Hall–Kier alpha value is -1.91. The molecule has 1 aromatic rings. The summed E-state index contributed by atoms with van der Waals surface area (Å²) in [4.78, 5) is 25.8. The molecule has 5 nitrogen and oxygen atoms in total. The smallest absolute Gasteiger partial charge is 0.405 e. The Labute approximate surface area is 93.5 Å². The molecule has 0 aliphatic heterocycles. The van der Waals surface area contributed by atoms with Crippen LogP contribution in [0, 0.1) is 0 Å². The van der Waals surface area contributed by atoms with Crippen molar-refractivity contribution in [2.24, 2.45) is 0 Å². The van der Waals surface area contributed by atoms with Crippen LogP contribution in [-0.2, 0) is 4.79 Å². The highest BCUT2D eigenvalue weighted by Crippen LogP contribution is 2.16. The van der Waals surface area contributed by atoms with E-state index in [1.54, 1.807) is 31.5 Å². The van der Waals surface area contributed by atoms with Gasteiger partial charge < -0.3 is 10.4 Å². The topological polar surface area (TPSA) is 79.3 Å². The van der Waals surface area contributed by atoms with Crippen molar-refractivity contribution in [1.29, 1.82) is 0 Å². The second-order valence-corrected chi connectivity index (χ2v) is 3.38. The van der Waals surface area contributed by atoms with Gasteiger partial charge >= 0.3 is 6.09 Å². The molecule has 0 aliphatic rings. The molecule has 0 fully saturated rings. The van der Waals surface area contributed by atoms with Crippen molar-refractivity contribution in [2.75, 3.05) is 0 Å². The normalized spacial score (nSPS) is 11.8. The van der Waals surface area contributed by atoms with Crippen LogP contribution >= 0.6 is 0 Å². The molecule has 1 atom stereocenters. The van der Waals surface area contributed by atoms with Crippen LogP contribution in [-0.4, -0.2) is 22.0 Å². The van der Waals surface area contributed by atoms with Gasteiger partial charge in [-0.25, -0.2) is 4.79 Å². The summed E-state index contributed by atoms with van der Waals surface area (Å²) < 4.78 is 0. The third-order valence-electron chi connectivity index (χ3n) is 2.23. The third kappa shape index (κ3) is 3.68. The number of pyridine rings is 1. The molecule has 0 spiro atoms. The molecule has 0 unspecified atom stereocenters. The van der Waals surface area contributed by atoms with Crippen LogP contribution in [0.4, 0.5) is 4.79 Å². The number of rotatable bonds is 5. The maximum Gasteiger partial charge on any atom is 0.405 e. The number of carboxylic acid groups (broad SMARTS) is 1. The summed E-state index contributed by atoms with van der Waals surface area (Å²) in [6.45, 7) is 1.76. The first-order valence-electron chi connectivity index (χ1n) is 5.04. The van der Waals surface area contributed by atoms with Crippen LogP contribution in [0.5, 0.6) is 0 Å². The minimum Gasteiger partial charge on any atom is -0.465 e. The van der Waals surface area contributed by atoms with Crippen LogP contribution in [0.1, 0.15) is 31.4 Å². The number of carbonyl (C=O) groups excluding carboxylic acids is 1. The van der Waals surface area contributed by atoms with Crippen molar-refractivity contribution in [3.8, 4) is 0 Å². The molecular formula is C11H14N2O3. The molecule has 5 heteroatoms. The lowest BCUT2D eigenvalue weighted by atomic mass is 10.0. The van der Waals surface area contributed by atoms with E-state index in [1.165, 1.54) is 0 Å². The minimum atomic E-state index is -1.13. The van der Waals surface area contributed by atoms with E-state index < -0.39 is 12.1 Å². The predicted octanol–water partition coefficient (Wildman–Crippen LogP) is 1.76. The predicted molar refractivity (Wildman–Crippen MR) is 58.1 cm³/mol. The molecule has 0 radical (unpaired) electrons. The summed E-state index contributed by atoms with van der Waals surface area (Å²) in [7, 11) is 0. The van der Waals surface area contributed by atoms with Gasteiger partial charge in [-0.05, 0) is 17.7 Å². The Morgan fingerprint density at radius 3 is 2.56 bits per heavy atom. The van der Waals surface area contributed by atoms with E-state index in [4.69, 9.17) is 5.11 Å². The second-order valence-electron chi connectivity index (χ2n) is 3.38. The number of nitrogens with zero attached hydrogens (tertiary/aromatic N) is 1. The fourth-order valence-electron chi connectivity index (χ4n) is 1.37. The number of carbonyl (C=O) groups is 2. The Bertz CT molecular complexity index is 365. The zero-order valence-corrected chi connectivity index (χ0v) is 9.01. The van der Waals surface area contributed by atoms with Crippen LogP contribution in [0.3, 0.4) is 0 Å². The highest BCUT2D eigenvalue weighted by Gasteiger charge is 2.16. The van der Waals surface area contributed by atoms with Gasteiger partial charge in [-0.15, -0.1) is 0 Å². The maximum absolute atomic E-state index is 11.3. The lowest BCUT2D eigenvalue weighted by Crippen LogP contribution is -2.28. The van der Waals surface area contributed by atoms with Crippen molar-refractivity contribution in [2.45, 2.75) is 25.8 Å². The van der Waals surface area contributed by atoms with Gasteiger partial charge in [0.05, 0.1) is 6.04 Å². The summed E-state index contributed by atoms with van der Waals surface area (Å²) in [5.74, 6) is 0.0237. The van der Waals surface area contributed by atoms with Crippen LogP contribution < -0.4 is 5.32 Å². The summed E-state index contributed by atoms with van der Waals surface area (Å²) in [6, 6.07) is 2.90. The van der Waals surface area contributed by atoms with Gasteiger partial charge in [-0.3, -0.25) is 9.78 Å². The molecule has 86 valence electrons. The standard InChI is InChI=1S/C11H14N2O3/c1-2-9(14)7-10(13-11(15)16)8-3-5-12-6-4-8/h3-6,10,13H,2,7H2,1H3,(H,15,16)/t10-/m1/s1. The van der Waals surface area contributed by atoms with Gasteiger partial charge in [0.1, 0.15) is 5.78 Å². The zero-order valence-electron chi connectivity index (χ0n) is 9.01. The first-order chi connectivity index (χ1) is 7.63. The number of ketones is 1. The lowest BCUT2D eigenvalue weighted by molar-refractivity contribution is -0.119. The van der Waals surface area contributed by atoms with E-state index in [2.05, 4.69) is 10.3 Å². The molecule has 0 aliphatic carbocycles. The Morgan fingerprint density at radius 2 is 2.06 bits per heavy atom. The van der Waals surface area contributed by atoms with Gasteiger partial charge in [0.2, 0.25) is 0 Å². The van der Waals surface area contributed by atoms with E-state index in [9.17, 15) is 9.59 Å². The van der Waals surface area contributed by atoms with E-state index in [-0.39, 0.29) is 12.2 Å². The highest BCUT2D eigenvalue weighted by atomic mass is 16.4. The maximum atomic E-state index is 11.3. The number of amides is 1. The van der Waals surface area contributed by atoms with Gasteiger partial charge in [-0.2, -0.15) is 0 Å². The number of aromatic nitrogens is 1. The number of Topliss-reactive ketones (excluding diaryl/α,β-unsaturated/α-hetero) is 1. The summed E-state index contributed by atoms with van der Waals surface area (Å²) in [5, 5.41) is 11.0. The van der Waals surface area contributed by atoms with Gasteiger partial charge in [0.25, 0.3) is 0 Å². The number of hydrogen-bond acceptors (Lipinski definition) is 3. The third-order valence-corrected chi connectivity index (χ3v) is 2.23. The van der Waals surface area contributed by atoms with Crippen molar-refractivity contribution in [3.63, 3.8) is 0 Å². The Kier molecular flexibility index (Phi) is 4.44. The molecule has 0 aromatic carbocycles. The molecule has 0 saturated heterocycles. The Morgan fingerprint density at radius 1 is 1.44 bits per heavy atom. The van der Waals surface area contributed by atoms with Crippen molar-refractivity contribution in [3.05, 3.63) is 30.1 Å². The molecule has 1 rings (SSSR count). The van der Waals surface area contributed by atoms with Crippen LogP contribution in [0.25, 0.3) is 0 Å². The highest BCUT2D eigenvalue weighted by molar-refractivity contribution is 5.79. The molecule has 2 N–H and O–H groups in total. The molecule has 1 amide bonds. The number of hydrogen-bond donors (Lipinski definition) is 2. The van der Waals surface area contributed by atoms with Crippen molar-refractivity contribution < 1.29 is 14.7 Å². The van der Waals surface area contributed by atoms with E-state index >= 15 is 0 Å². The quantitative estimate of drug-likeness (QED) is 0.795. The summed E-state index contributed by atoms with van der Waals surface area (Å²) in [5.41, 5.74) is 0.749. The largest absolute Gasteiger partial charge is 0.465 e. The molecule has 1 aromatic heterocycles. The van der Waals surface area contributed by atoms with Crippen LogP contribution in [0.2, 0.25) is 0 Å². The molecule has 0 saturated carbocycles. The second kappa shape index (κ2) is 5.85. The van der Waals surface area contributed by atoms with Crippen LogP contribution in [0.15, 0.2) is 24.5 Å². The first kappa shape index (κ1) is 12.2. The van der Waals surface area contributed by atoms with Gasteiger partial charge in [0, 0.05) is 25.2 Å². The average molecular weight is 222 g/mol. The lowest BCUT2D eigenvalue weighted by Gasteiger charge is -2.15. The van der Waals surface area contributed by atoms with E-state index in [1.807, 2.05) is 0 Å². The number of nitrogens with one attached hydrogen (secondary N) is 1. The average Bonchev–Trinajstić information content (AvgIpc) is 2.28. The van der Waals surface area contributed by atoms with Gasteiger partial charge in [0.15, 0.2) is 0 Å². The molecule has 16 heavy (non-hydrogen) atoms. The Balaban J connectivity index is 2.79. The molecule has 0 bridgehead atoms. The van der Waals surface area contributed by atoms with Crippen molar-refractivity contribution in [1.82, 2.24) is 10.3 Å².